The molecule has 0 saturated carbocycles. The average Bonchev–Trinajstić information content (AvgIpc) is 3.16. The molecule has 1 amide bonds. The molecule has 0 unspecified atom stereocenters. The summed E-state index contributed by atoms with van der Waals surface area (Å²) < 4.78 is 0.593. The van der Waals surface area contributed by atoms with E-state index in [0.29, 0.717) is 15.8 Å². The predicted molar refractivity (Wildman–Crippen MR) is 96.4 cm³/mol. The van der Waals surface area contributed by atoms with Gasteiger partial charge < -0.3 is 5.32 Å². The Labute approximate surface area is 147 Å². The van der Waals surface area contributed by atoms with Crippen molar-refractivity contribution in [2.75, 3.05) is 12.3 Å². The van der Waals surface area contributed by atoms with Crippen molar-refractivity contribution in [1.29, 1.82) is 0 Å². The van der Waals surface area contributed by atoms with Crippen LogP contribution in [0.4, 0.5) is 0 Å². The van der Waals surface area contributed by atoms with Crippen molar-refractivity contribution >= 4 is 57.7 Å². The highest BCUT2D eigenvalue weighted by atomic mass is 35.5. The molecule has 0 bridgehead atoms. The fraction of sp³-hybridized carbons (Fsp3) is 0.333. The molecule has 118 valence electrons. The summed E-state index contributed by atoms with van der Waals surface area (Å²) >= 11 is 10.6. The number of carbonyl (C=O) groups is 2. The third-order valence-corrected chi connectivity index (χ3v) is 6.16. The quantitative estimate of drug-likeness (QED) is 0.520. The largest absolute Gasteiger partial charge is 0.355 e. The van der Waals surface area contributed by atoms with Gasteiger partial charge in [-0.3, -0.25) is 9.59 Å². The molecule has 7 heteroatoms. The van der Waals surface area contributed by atoms with Crippen LogP contribution in [0, 0.1) is 0 Å². The number of ketones is 1. The van der Waals surface area contributed by atoms with E-state index in [4.69, 9.17) is 11.6 Å². The van der Waals surface area contributed by atoms with Crippen LogP contribution in [0.2, 0.25) is 4.34 Å². The average molecular weight is 374 g/mol. The Morgan fingerprint density at radius 1 is 1.23 bits per heavy atom. The summed E-state index contributed by atoms with van der Waals surface area (Å²) in [4.78, 5) is 25.5. The highest BCUT2D eigenvalue weighted by Gasteiger charge is 2.11. The lowest BCUT2D eigenvalue weighted by Crippen LogP contribution is -2.26. The minimum Gasteiger partial charge on any atom is -0.355 e. The molecule has 0 spiro atoms. The minimum atomic E-state index is -0.0762. The van der Waals surface area contributed by atoms with Crippen LogP contribution in [0.1, 0.15) is 27.4 Å². The first-order chi connectivity index (χ1) is 10.6. The summed E-state index contributed by atoms with van der Waals surface area (Å²) in [5, 5.41) is 4.91. The predicted octanol–water partition coefficient (Wildman–Crippen LogP) is 4.48. The van der Waals surface area contributed by atoms with Crippen molar-refractivity contribution in [3.05, 3.63) is 43.7 Å². The van der Waals surface area contributed by atoms with Crippen LogP contribution >= 0.6 is 46.0 Å². The topological polar surface area (TPSA) is 46.2 Å². The zero-order valence-corrected chi connectivity index (χ0v) is 15.0. The maximum Gasteiger partial charge on any atom is 0.220 e. The fourth-order valence-corrected chi connectivity index (χ4v) is 4.44. The Hall–Kier alpha value is -0.820. The van der Waals surface area contributed by atoms with E-state index in [-0.39, 0.29) is 24.5 Å². The van der Waals surface area contributed by atoms with Crippen LogP contribution < -0.4 is 5.32 Å². The van der Waals surface area contributed by atoms with Gasteiger partial charge in [0.1, 0.15) is 0 Å². The van der Waals surface area contributed by atoms with Crippen LogP contribution in [0.15, 0.2) is 29.6 Å². The lowest BCUT2D eigenvalue weighted by atomic mass is 10.2. The fourth-order valence-electron chi connectivity index (χ4n) is 1.73. The first-order valence-corrected chi connectivity index (χ1v) is 10.0. The number of thioether (sulfide) groups is 1. The van der Waals surface area contributed by atoms with Crippen LogP contribution in [0.3, 0.4) is 0 Å². The summed E-state index contributed by atoms with van der Waals surface area (Å²) in [7, 11) is 0. The standard InChI is InChI=1S/C15H16ClNO2S3/c16-14-5-4-13(22-14)12(18)3-6-15(19)17-7-9-20-10-11-2-1-8-21-11/h1-2,4-5,8H,3,6-7,9-10H2,(H,17,19). The molecule has 0 radical (unpaired) electrons. The third-order valence-electron chi connectivity index (χ3n) is 2.82. The maximum atomic E-state index is 11.8. The summed E-state index contributed by atoms with van der Waals surface area (Å²) in [5.41, 5.74) is 0. The van der Waals surface area contributed by atoms with Crippen molar-refractivity contribution in [3.8, 4) is 0 Å². The van der Waals surface area contributed by atoms with Gasteiger partial charge in [0.05, 0.1) is 9.21 Å². The second kappa shape index (κ2) is 9.35. The molecule has 0 aliphatic carbocycles. The Balaban J connectivity index is 1.55. The van der Waals surface area contributed by atoms with Gasteiger partial charge in [0, 0.05) is 35.8 Å². The second-order valence-electron chi connectivity index (χ2n) is 4.51. The summed E-state index contributed by atoms with van der Waals surface area (Å²) in [6.45, 7) is 0.633. The van der Waals surface area contributed by atoms with Crippen LogP contribution in [0.25, 0.3) is 0 Å². The van der Waals surface area contributed by atoms with E-state index in [2.05, 4.69) is 16.8 Å². The van der Waals surface area contributed by atoms with Gasteiger partial charge in [-0.05, 0) is 23.6 Å². The van der Waals surface area contributed by atoms with E-state index in [9.17, 15) is 9.59 Å². The van der Waals surface area contributed by atoms with Gasteiger partial charge in [-0.1, -0.05) is 17.7 Å². The van der Waals surface area contributed by atoms with Gasteiger partial charge in [-0.15, -0.1) is 22.7 Å². The Morgan fingerprint density at radius 3 is 2.77 bits per heavy atom. The van der Waals surface area contributed by atoms with Crippen LogP contribution in [-0.2, 0) is 10.5 Å². The van der Waals surface area contributed by atoms with Crippen molar-refractivity contribution in [1.82, 2.24) is 5.32 Å². The number of rotatable bonds is 9. The SMILES string of the molecule is O=C(CCC(=O)c1ccc(Cl)s1)NCCSCc1cccs1. The molecule has 2 aromatic heterocycles. The molecule has 2 rings (SSSR count). The van der Waals surface area contributed by atoms with Gasteiger partial charge in [0.15, 0.2) is 5.78 Å². The number of Topliss-reactive ketones (excluding diaryl/α,β-unsaturated/α-hetero) is 1. The zero-order chi connectivity index (χ0) is 15.8. The van der Waals surface area contributed by atoms with Crippen molar-refractivity contribution in [2.24, 2.45) is 0 Å². The van der Waals surface area contributed by atoms with Crippen molar-refractivity contribution in [3.63, 3.8) is 0 Å². The Kier molecular flexibility index (Phi) is 7.45. The number of thiophene rings is 2. The van der Waals surface area contributed by atoms with Gasteiger partial charge in [0.2, 0.25) is 5.91 Å². The monoisotopic (exact) mass is 373 g/mol. The highest BCUT2D eigenvalue weighted by molar-refractivity contribution is 7.98. The molecule has 0 saturated heterocycles. The molecule has 22 heavy (non-hydrogen) atoms. The zero-order valence-electron chi connectivity index (χ0n) is 11.8. The van der Waals surface area contributed by atoms with Gasteiger partial charge in [0.25, 0.3) is 0 Å². The minimum absolute atomic E-state index is 0.0286. The number of nitrogens with one attached hydrogen (secondary N) is 1. The molecular formula is C15H16ClNO2S3. The molecule has 2 aromatic rings. The molecule has 0 aromatic carbocycles. The first kappa shape index (κ1) is 17.5. The molecule has 0 fully saturated rings. The first-order valence-electron chi connectivity index (χ1n) is 6.80. The maximum absolute atomic E-state index is 11.8. The van der Waals surface area contributed by atoms with Gasteiger partial charge in [-0.25, -0.2) is 0 Å². The van der Waals surface area contributed by atoms with Crippen LogP contribution in [-0.4, -0.2) is 24.0 Å². The molecular weight excluding hydrogens is 358 g/mol. The van der Waals surface area contributed by atoms with E-state index in [0.717, 1.165) is 11.5 Å². The van der Waals surface area contributed by atoms with Gasteiger partial charge >= 0.3 is 0 Å². The van der Waals surface area contributed by atoms with E-state index in [1.54, 1.807) is 35.2 Å². The third kappa shape index (κ3) is 6.12. The Morgan fingerprint density at radius 2 is 2.09 bits per heavy atom. The molecule has 0 aliphatic heterocycles. The smallest absolute Gasteiger partial charge is 0.220 e. The van der Waals surface area contributed by atoms with E-state index in [1.165, 1.54) is 16.2 Å². The number of hydrogen-bond donors (Lipinski definition) is 1. The number of hydrogen-bond acceptors (Lipinski definition) is 5. The normalized spacial score (nSPS) is 10.6. The second-order valence-corrected chi connectivity index (χ2v) is 8.36. The number of halogens is 1. The summed E-state index contributed by atoms with van der Waals surface area (Å²) in [6, 6.07) is 7.55. The van der Waals surface area contributed by atoms with E-state index >= 15 is 0 Å². The van der Waals surface area contributed by atoms with Crippen molar-refractivity contribution < 1.29 is 9.59 Å². The summed E-state index contributed by atoms with van der Waals surface area (Å²) in [5.74, 6) is 1.75. The number of amides is 1. The van der Waals surface area contributed by atoms with E-state index < -0.39 is 0 Å². The van der Waals surface area contributed by atoms with Crippen molar-refractivity contribution in [2.45, 2.75) is 18.6 Å². The number of carbonyl (C=O) groups excluding carboxylic acids is 2. The molecule has 1 N–H and O–H groups in total. The van der Waals surface area contributed by atoms with Crippen LogP contribution in [0.5, 0.6) is 0 Å². The lowest BCUT2D eigenvalue weighted by molar-refractivity contribution is -0.120. The molecule has 0 atom stereocenters. The Bertz CT molecular complexity index is 610. The van der Waals surface area contributed by atoms with E-state index in [1.807, 2.05) is 6.07 Å². The lowest BCUT2D eigenvalue weighted by Gasteiger charge is -2.04. The van der Waals surface area contributed by atoms with Gasteiger partial charge in [-0.2, -0.15) is 11.8 Å². The molecule has 0 aliphatic rings. The molecule has 3 nitrogen and oxygen atoms in total. The summed E-state index contributed by atoms with van der Waals surface area (Å²) in [6.07, 6.45) is 0.453. The molecule has 2 heterocycles. The highest BCUT2D eigenvalue weighted by Crippen LogP contribution is 2.22.